The number of aryl methyl sites for hydroxylation is 2. The van der Waals surface area contributed by atoms with Gasteiger partial charge in [-0.1, -0.05) is 29.8 Å². The van der Waals surface area contributed by atoms with E-state index in [0.717, 1.165) is 34.1 Å². The zero-order valence-corrected chi connectivity index (χ0v) is 12.0. The molecule has 0 fully saturated rings. The number of amides is 2. The van der Waals surface area contributed by atoms with Gasteiger partial charge in [-0.2, -0.15) is 0 Å². The minimum Gasteiger partial charge on any atom is -0.370 e. The molecule has 0 spiro atoms. The molecule has 5 nitrogen and oxygen atoms in total. The van der Waals surface area contributed by atoms with Crippen molar-refractivity contribution in [3.63, 3.8) is 0 Å². The van der Waals surface area contributed by atoms with Gasteiger partial charge in [0.05, 0.1) is 0 Å². The van der Waals surface area contributed by atoms with Crippen molar-refractivity contribution in [3.8, 4) is 0 Å². The van der Waals surface area contributed by atoms with Crippen LogP contribution in [0.2, 0.25) is 0 Å². The summed E-state index contributed by atoms with van der Waals surface area (Å²) >= 11 is 3.45. The van der Waals surface area contributed by atoms with Crippen LogP contribution in [0.4, 0.5) is 10.5 Å². The van der Waals surface area contributed by atoms with Crippen LogP contribution < -0.4 is 16.4 Å². The number of halogens is 1. The van der Waals surface area contributed by atoms with Crippen LogP contribution in [-0.2, 0) is 12.8 Å². The van der Waals surface area contributed by atoms with Crippen molar-refractivity contribution in [2.45, 2.75) is 26.7 Å². The summed E-state index contributed by atoms with van der Waals surface area (Å²) in [6.07, 6.45) is 1.62. The van der Waals surface area contributed by atoms with Crippen molar-refractivity contribution in [2.75, 3.05) is 5.32 Å². The fourth-order valence-corrected chi connectivity index (χ4v) is 2.26. The lowest BCUT2D eigenvalue weighted by molar-refractivity contribution is 0.256. The molecule has 2 amide bonds. The van der Waals surface area contributed by atoms with Crippen molar-refractivity contribution in [1.29, 1.82) is 5.41 Å². The summed E-state index contributed by atoms with van der Waals surface area (Å²) in [6.45, 7) is 4.05. The zero-order valence-electron chi connectivity index (χ0n) is 10.4. The van der Waals surface area contributed by atoms with Gasteiger partial charge in [-0.3, -0.25) is 10.7 Å². The van der Waals surface area contributed by atoms with Crippen LogP contribution >= 0.6 is 15.9 Å². The summed E-state index contributed by atoms with van der Waals surface area (Å²) in [4.78, 5) is 11.6. The smallest absolute Gasteiger partial charge is 0.325 e. The standard InChI is InChI=1S/C12H17BrN4O/c1-3-7-5-9(13)6-8(4-2)10(7)16-12(18)17-11(14)15/h5-6H,3-4H2,1-2H3,(H5,14,15,16,17,18). The van der Waals surface area contributed by atoms with Crippen LogP contribution in [0.3, 0.4) is 0 Å². The van der Waals surface area contributed by atoms with Crippen molar-refractivity contribution < 1.29 is 4.79 Å². The van der Waals surface area contributed by atoms with Gasteiger partial charge in [-0.25, -0.2) is 4.79 Å². The summed E-state index contributed by atoms with van der Waals surface area (Å²) in [5.41, 5.74) is 7.99. The van der Waals surface area contributed by atoms with Gasteiger partial charge < -0.3 is 11.1 Å². The number of carbonyl (C=O) groups is 1. The van der Waals surface area contributed by atoms with Crippen molar-refractivity contribution in [1.82, 2.24) is 5.32 Å². The van der Waals surface area contributed by atoms with Gasteiger partial charge in [-0.05, 0) is 36.1 Å². The predicted octanol–water partition coefficient (Wildman–Crippen LogP) is 2.59. The fraction of sp³-hybridized carbons (Fsp3) is 0.333. The minimum absolute atomic E-state index is 0.374. The molecule has 1 aromatic carbocycles. The molecule has 18 heavy (non-hydrogen) atoms. The maximum absolute atomic E-state index is 11.6. The lowest BCUT2D eigenvalue weighted by atomic mass is 10.0. The summed E-state index contributed by atoms with van der Waals surface area (Å²) in [5, 5.41) is 12.0. The number of hydrogen-bond acceptors (Lipinski definition) is 2. The van der Waals surface area contributed by atoms with Crippen molar-refractivity contribution in [3.05, 3.63) is 27.7 Å². The van der Waals surface area contributed by atoms with Gasteiger partial charge in [0.25, 0.3) is 0 Å². The molecule has 0 aliphatic carbocycles. The van der Waals surface area contributed by atoms with Gasteiger partial charge in [0, 0.05) is 10.2 Å². The van der Waals surface area contributed by atoms with Crippen LogP contribution in [0, 0.1) is 5.41 Å². The summed E-state index contributed by atoms with van der Waals surface area (Å²) in [6, 6.07) is 3.46. The number of nitrogens with one attached hydrogen (secondary N) is 3. The topological polar surface area (TPSA) is 91.0 Å². The SMILES string of the molecule is CCc1cc(Br)cc(CC)c1NC(=O)NC(=N)N. The molecular weight excluding hydrogens is 296 g/mol. The fourth-order valence-electron chi connectivity index (χ4n) is 1.71. The maximum Gasteiger partial charge on any atom is 0.325 e. The second kappa shape index (κ2) is 6.39. The Kier molecular flexibility index (Phi) is 5.15. The molecule has 0 saturated heterocycles. The van der Waals surface area contributed by atoms with Gasteiger partial charge in [0.1, 0.15) is 0 Å². The number of nitrogens with two attached hydrogens (primary N) is 1. The van der Waals surface area contributed by atoms with E-state index in [4.69, 9.17) is 11.1 Å². The normalized spacial score (nSPS) is 9.94. The Balaban J connectivity index is 3.05. The summed E-state index contributed by atoms with van der Waals surface area (Å²) < 4.78 is 0.994. The quantitative estimate of drug-likeness (QED) is 0.510. The van der Waals surface area contributed by atoms with Gasteiger partial charge in [0.2, 0.25) is 0 Å². The van der Waals surface area contributed by atoms with Crippen LogP contribution in [0.5, 0.6) is 0 Å². The van der Waals surface area contributed by atoms with Gasteiger partial charge in [0.15, 0.2) is 5.96 Å². The van der Waals surface area contributed by atoms with E-state index in [1.54, 1.807) is 0 Å². The highest BCUT2D eigenvalue weighted by Crippen LogP contribution is 2.27. The van der Waals surface area contributed by atoms with Crippen LogP contribution in [0.15, 0.2) is 16.6 Å². The zero-order chi connectivity index (χ0) is 13.7. The molecular formula is C12H17BrN4O. The largest absolute Gasteiger partial charge is 0.370 e. The van der Waals surface area contributed by atoms with E-state index in [0.29, 0.717) is 0 Å². The molecule has 0 aliphatic rings. The monoisotopic (exact) mass is 312 g/mol. The van der Waals surface area contributed by atoms with E-state index >= 15 is 0 Å². The Morgan fingerprint density at radius 3 is 2.22 bits per heavy atom. The lowest BCUT2D eigenvalue weighted by Gasteiger charge is -2.15. The number of guanidine groups is 1. The molecule has 98 valence electrons. The average molecular weight is 313 g/mol. The molecule has 0 saturated carbocycles. The Bertz CT molecular complexity index is 448. The summed E-state index contributed by atoms with van der Waals surface area (Å²) in [7, 11) is 0. The molecule has 0 heterocycles. The first-order chi connectivity index (χ1) is 8.47. The number of urea groups is 1. The Hall–Kier alpha value is -1.56. The maximum atomic E-state index is 11.6. The molecule has 0 aliphatic heterocycles. The third kappa shape index (κ3) is 3.73. The molecule has 1 aromatic rings. The third-order valence-electron chi connectivity index (χ3n) is 2.51. The van der Waals surface area contributed by atoms with Crippen LogP contribution in [0.25, 0.3) is 0 Å². The van der Waals surface area contributed by atoms with E-state index in [-0.39, 0.29) is 5.96 Å². The molecule has 6 heteroatoms. The highest BCUT2D eigenvalue weighted by atomic mass is 79.9. The molecule has 0 atom stereocenters. The molecule has 0 aromatic heterocycles. The molecule has 0 unspecified atom stereocenters. The molecule has 5 N–H and O–H groups in total. The first kappa shape index (κ1) is 14.5. The van der Waals surface area contributed by atoms with E-state index in [1.165, 1.54) is 0 Å². The summed E-state index contributed by atoms with van der Waals surface area (Å²) in [5.74, 6) is -0.374. The second-order valence-electron chi connectivity index (χ2n) is 3.80. The Morgan fingerprint density at radius 2 is 1.83 bits per heavy atom. The molecule has 0 radical (unpaired) electrons. The van der Waals surface area contributed by atoms with E-state index in [2.05, 4.69) is 26.6 Å². The Labute approximate surface area is 115 Å². The first-order valence-corrected chi connectivity index (χ1v) is 6.50. The van der Waals surface area contributed by atoms with Gasteiger partial charge >= 0.3 is 6.03 Å². The van der Waals surface area contributed by atoms with Crippen molar-refractivity contribution >= 4 is 33.6 Å². The first-order valence-electron chi connectivity index (χ1n) is 5.71. The average Bonchev–Trinajstić information content (AvgIpc) is 2.29. The van der Waals surface area contributed by atoms with E-state index in [1.807, 2.05) is 26.0 Å². The number of rotatable bonds is 3. The van der Waals surface area contributed by atoms with Crippen LogP contribution in [-0.4, -0.2) is 12.0 Å². The number of benzene rings is 1. The minimum atomic E-state index is -0.491. The predicted molar refractivity (Wildman–Crippen MR) is 77.0 cm³/mol. The van der Waals surface area contributed by atoms with Crippen molar-refractivity contribution in [2.24, 2.45) is 5.73 Å². The van der Waals surface area contributed by atoms with E-state index < -0.39 is 6.03 Å². The highest BCUT2D eigenvalue weighted by Gasteiger charge is 2.11. The number of hydrogen-bond donors (Lipinski definition) is 4. The Morgan fingerprint density at radius 1 is 1.33 bits per heavy atom. The number of carbonyl (C=O) groups excluding carboxylic acids is 1. The van der Waals surface area contributed by atoms with Gasteiger partial charge in [-0.15, -0.1) is 0 Å². The third-order valence-corrected chi connectivity index (χ3v) is 2.97. The van der Waals surface area contributed by atoms with E-state index in [9.17, 15) is 4.79 Å². The molecule has 0 bridgehead atoms. The second-order valence-corrected chi connectivity index (χ2v) is 4.71. The van der Waals surface area contributed by atoms with Crippen LogP contribution in [0.1, 0.15) is 25.0 Å². The highest BCUT2D eigenvalue weighted by molar-refractivity contribution is 9.10. The molecule has 1 rings (SSSR count). The lowest BCUT2D eigenvalue weighted by Crippen LogP contribution is -2.39. The number of anilines is 1.